The Morgan fingerprint density at radius 3 is 2.74 bits per heavy atom. The summed E-state index contributed by atoms with van der Waals surface area (Å²) in [6.07, 6.45) is 3.11. The van der Waals surface area contributed by atoms with Crippen LogP contribution in [0.4, 0.5) is 0 Å². The largest absolute Gasteiger partial charge is 0.467 e. The van der Waals surface area contributed by atoms with Gasteiger partial charge in [0.15, 0.2) is 0 Å². The number of hydrogen-bond acceptors (Lipinski definition) is 6. The van der Waals surface area contributed by atoms with Gasteiger partial charge in [-0.15, -0.1) is 11.3 Å². The molecule has 1 saturated heterocycles. The Kier molecular flexibility index (Phi) is 4.58. The van der Waals surface area contributed by atoms with Gasteiger partial charge in [-0.1, -0.05) is 0 Å². The maximum Gasteiger partial charge on any atom is 0.316 e. The molecule has 0 bridgehead atoms. The summed E-state index contributed by atoms with van der Waals surface area (Å²) in [6, 6.07) is 2.30. The van der Waals surface area contributed by atoms with Crippen LogP contribution in [-0.2, 0) is 0 Å². The van der Waals surface area contributed by atoms with Crippen molar-refractivity contribution in [2.75, 3.05) is 20.2 Å². The number of aliphatic hydroxyl groups excluding tert-OH is 1. The molecule has 0 radical (unpaired) electrons. The van der Waals surface area contributed by atoms with Gasteiger partial charge in [0.25, 0.3) is 5.91 Å². The summed E-state index contributed by atoms with van der Waals surface area (Å²) in [5.74, 6) is -0.0563. The highest BCUT2D eigenvalue weighted by Gasteiger charge is 2.33. The van der Waals surface area contributed by atoms with E-state index in [2.05, 4.69) is 23.0 Å². The second kappa shape index (κ2) is 6.64. The molecule has 3 rings (SSSR count). The van der Waals surface area contributed by atoms with Crippen LogP contribution >= 0.6 is 11.3 Å². The highest BCUT2D eigenvalue weighted by molar-refractivity contribution is 7.10. The second-order valence-electron chi connectivity index (χ2n) is 5.64. The number of aliphatic hydroxyl groups is 1. The van der Waals surface area contributed by atoms with E-state index < -0.39 is 6.10 Å². The molecular weight excluding hydrogens is 314 g/mol. The molecular formula is C16H19N3O3S. The van der Waals surface area contributed by atoms with Gasteiger partial charge in [-0.2, -0.15) is 0 Å². The van der Waals surface area contributed by atoms with Gasteiger partial charge in [0.1, 0.15) is 0 Å². The Balaban J connectivity index is 1.69. The molecule has 2 aromatic heterocycles. The van der Waals surface area contributed by atoms with E-state index in [9.17, 15) is 9.90 Å². The van der Waals surface area contributed by atoms with Gasteiger partial charge in [0, 0.05) is 36.3 Å². The van der Waals surface area contributed by atoms with Crippen molar-refractivity contribution in [2.45, 2.75) is 25.4 Å². The molecule has 3 heterocycles. The lowest BCUT2D eigenvalue weighted by molar-refractivity contribution is 0.0386. The van der Waals surface area contributed by atoms with E-state index in [4.69, 9.17) is 4.74 Å². The van der Waals surface area contributed by atoms with Crippen molar-refractivity contribution in [1.29, 1.82) is 0 Å². The van der Waals surface area contributed by atoms with Gasteiger partial charge in [0.2, 0.25) is 0 Å². The number of aromatic nitrogens is 2. The topological polar surface area (TPSA) is 75.5 Å². The molecule has 1 amide bonds. The first-order valence-corrected chi connectivity index (χ1v) is 8.35. The van der Waals surface area contributed by atoms with Crippen LogP contribution in [-0.4, -0.2) is 52.2 Å². The first-order valence-electron chi connectivity index (χ1n) is 7.47. The summed E-state index contributed by atoms with van der Waals surface area (Å²) in [5, 5.41) is 12.5. The average molecular weight is 333 g/mol. The van der Waals surface area contributed by atoms with E-state index in [-0.39, 0.29) is 17.8 Å². The monoisotopic (exact) mass is 333 g/mol. The molecule has 0 aromatic carbocycles. The van der Waals surface area contributed by atoms with Crippen LogP contribution in [0.1, 0.15) is 33.1 Å². The molecule has 122 valence electrons. The van der Waals surface area contributed by atoms with Crippen molar-refractivity contribution >= 4 is 17.2 Å². The summed E-state index contributed by atoms with van der Waals surface area (Å²) in [5.41, 5.74) is 1.62. The molecule has 7 heteroatoms. The van der Waals surface area contributed by atoms with Crippen LogP contribution in [0, 0.1) is 6.92 Å². The molecule has 2 atom stereocenters. The molecule has 6 nitrogen and oxygen atoms in total. The molecule has 2 aromatic rings. The number of carbonyl (C=O) groups excluding carboxylic acids is 1. The minimum Gasteiger partial charge on any atom is -0.467 e. The van der Waals surface area contributed by atoms with Crippen LogP contribution in [0.15, 0.2) is 23.8 Å². The highest BCUT2D eigenvalue weighted by Crippen LogP contribution is 2.34. The molecule has 0 aliphatic carbocycles. The van der Waals surface area contributed by atoms with E-state index in [0.717, 1.165) is 6.42 Å². The van der Waals surface area contributed by atoms with E-state index in [1.807, 2.05) is 5.38 Å². The number of methoxy groups -OCH3 is 1. The Bertz CT molecular complexity index is 686. The van der Waals surface area contributed by atoms with Crippen LogP contribution in [0.25, 0.3) is 0 Å². The number of ether oxygens (including phenoxy) is 1. The van der Waals surface area contributed by atoms with Gasteiger partial charge in [-0.05, 0) is 30.4 Å². The first-order chi connectivity index (χ1) is 11.1. The zero-order valence-corrected chi connectivity index (χ0v) is 13.9. The Hall–Kier alpha value is -1.99. The first kappa shape index (κ1) is 15.9. The number of carbonyl (C=O) groups is 1. The summed E-state index contributed by atoms with van der Waals surface area (Å²) < 4.78 is 4.89. The van der Waals surface area contributed by atoms with Crippen LogP contribution in [0.3, 0.4) is 0 Å². The Morgan fingerprint density at radius 2 is 2.17 bits per heavy atom. The van der Waals surface area contributed by atoms with Crippen LogP contribution < -0.4 is 4.74 Å². The summed E-state index contributed by atoms with van der Waals surface area (Å²) in [6.45, 7) is 3.00. The summed E-state index contributed by atoms with van der Waals surface area (Å²) >= 11 is 1.67. The number of likely N-dealkylation sites (tertiary alicyclic amines) is 1. The minimum absolute atomic E-state index is 0.103. The summed E-state index contributed by atoms with van der Waals surface area (Å²) in [7, 11) is 1.48. The van der Waals surface area contributed by atoms with Crippen molar-refractivity contribution in [1.82, 2.24) is 14.9 Å². The van der Waals surface area contributed by atoms with E-state index in [1.165, 1.54) is 29.9 Å². The number of rotatable bonds is 3. The fourth-order valence-electron chi connectivity index (χ4n) is 2.90. The zero-order valence-electron chi connectivity index (χ0n) is 13.1. The predicted octanol–water partition coefficient (Wildman–Crippen LogP) is 1.85. The number of aryl methyl sites for hydroxylation is 1. The maximum atomic E-state index is 12.5. The number of β-amino-alcohol motifs (C(OH)–C–C–N with tert-alkyl or cyclic N) is 1. The standard InChI is InChI=1S/C16H19N3O3S/c1-10-4-6-23-14(10)12-3-5-19(9-13(12)20)15(21)11-7-17-16(22-2)18-8-11/h4,6-8,12-13,20H,3,5,9H2,1-2H3/t12-,13-/m1/s1. The lowest BCUT2D eigenvalue weighted by Gasteiger charge is -2.35. The quantitative estimate of drug-likeness (QED) is 0.928. The van der Waals surface area contributed by atoms with E-state index >= 15 is 0 Å². The van der Waals surface area contributed by atoms with Crippen LogP contribution in [0.5, 0.6) is 6.01 Å². The third kappa shape index (κ3) is 3.20. The Morgan fingerprint density at radius 1 is 1.43 bits per heavy atom. The molecule has 1 fully saturated rings. The number of nitrogens with zero attached hydrogens (tertiary/aromatic N) is 3. The molecule has 0 saturated carbocycles. The second-order valence-corrected chi connectivity index (χ2v) is 6.59. The normalized spacial score (nSPS) is 21.3. The molecule has 0 unspecified atom stereocenters. The van der Waals surface area contributed by atoms with Crippen LogP contribution in [0.2, 0.25) is 0 Å². The van der Waals surface area contributed by atoms with Gasteiger partial charge in [-0.25, -0.2) is 9.97 Å². The maximum absolute atomic E-state index is 12.5. The number of amides is 1. The lowest BCUT2D eigenvalue weighted by atomic mass is 9.90. The van der Waals surface area contributed by atoms with E-state index in [1.54, 1.807) is 16.2 Å². The van der Waals surface area contributed by atoms with E-state index in [0.29, 0.717) is 18.7 Å². The number of piperidine rings is 1. The van der Waals surface area contributed by atoms with Gasteiger partial charge in [-0.3, -0.25) is 4.79 Å². The average Bonchev–Trinajstić information content (AvgIpc) is 3.00. The fraction of sp³-hybridized carbons (Fsp3) is 0.438. The third-order valence-corrected chi connectivity index (χ3v) is 5.32. The smallest absolute Gasteiger partial charge is 0.316 e. The minimum atomic E-state index is -0.552. The number of hydrogen-bond donors (Lipinski definition) is 1. The summed E-state index contributed by atoms with van der Waals surface area (Å²) in [4.78, 5) is 23.3. The van der Waals surface area contributed by atoms with Crippen molar-refractivity contribution in [3.8, 4) is 6.01 Å². The van der Waals surface area contributed by atoms with Gasteiger partial charge in [0.05, 0.1) is 18.8 Å². The molecule has 1 aliphatic rings. The van der Waals surface area contributed by atoms with Gasteiger partial charge < -0.3 is 14.7 Å². The predicted molar refractivity (Wildman–Crippen MR) is 86.9 cm³/mol. The SMILES string of the molecule is COc1ncc(C(=O)N2CC[C@@H](c3sccc3C)[C@H](O)C2)cn1. The lowest BCUT2D eigenvalue weighted by Crippen LogP contribution is -2.45. The third-order valence-electron chi connectivity index (χ3n) is 4.17. The van der Waals surface area contributed by atoms with Crippen molar-refractivity contribution in [2.24, 2.45) is 0 Å². The molecule has 23 heavy (non-hydrogen) atoms. The molecule has 1 aliphatic heterocycles. The highest BCUT2D eigenvalue weighted by atomic mass is 32.1. The van der Waals surface area contributed by atoms with Crippen molar-refractivity contribution in [3.63, 3.8) is 0 Å². The fourth-order valence-corrected chi connectivity index (χ4v) is 4.02. The zero-order chi connectivity index (χ0) is 16.4. The molecule has 1 N–H and O–H groups in total. The van der Waals surface area contributed by atoms with Crippen molar-refractivity contribution < 1.29 is 14.6 Å². The number of thiophene rings is 1. The van der Waals surface area contributed by atoms with Gasteiger partial charge >= 0.3 is 6.01 Å². The van der Waals surface area contributed by atoms with Crippen molar-refractivity contribution in [3.05, 3.63) is 39.8 Å². The molecule has 0 spiro atoms. The Labute approximate surface area is 138 Å².